The largest absolute Gasteiger partial charge is 0.454 e. The van der Waals surface area contributed by atoms with Crippen LogP contribution in [0, 0.1) is 10.1 Å². The highest BCUT2D eigenvalue weighted by molar-refractivity contribution is 8.07. The molecule has 22 heavy (non-hydrogen) atoms. The van der Waals surface area contributed by atoms with Crippen molar-refractivity contribution in [3.05, 3.63) is 15.1 Å². The van der Waals surface area contributed by atoms with E-state index < -0.39 is 30.6 Å². The number of nitrogens with zero attached hydrogens (tertiary/aromatic N) is 5. The minimum absolute atomic E-state index is 0.0711. The zero-order chi connectivity index (χ0) is 16.5. The van der Waals surface area contributed by atoms with E-state index in [1.165, 1.54) is 18.9 Å². The third-order valence-electron chi connectivity index (χ3n) is 2.74. The first-order valence-electron chi connectivity index (χ1n) is 5.95. The zero-order valence-corrected chi connectivity index (χ0v) is 13.1. The number of aliphatic imine (C=N–C) groups is 1. The molecule has 2 rings (SSSR count). The van der Waals surface area contributed by atoms with E-state index in [-0.39, 0.29) is 24.0 Å². The number of carbonyl (C=O) groups is 1. The summed E-state index contributed by atoms with van der Waals surface area (Å²) in [6.45, 7) is 1.31. The topological polar surface area (TPSA) is 145 Å². The van der Waals surface area contributed by atoms with Gasteiger partial charge in [0.25, 0.3) is 0 Å². The number of nitro groups is 1. The molecule has 120 valence electrons. The van der Waals surface area contributed by atoms with Crippen molar-refractivity contribution in [2.24, 2.45) is 4.99 Å². The van der Waals surface area contributed by atoms with Crippen molar-refractivity contribution in [2.75, 3.05) is 20.2 Å². The van der Waals surface area contributed by atoms with Gasteiger partial charge in [0.05, 0.1) is 6.61 Å². The van der Waals surface area contributed by atoms with Gasteiger partial charge in [-0.2, -0.15) is 0 Å². The molecule has 0 saturated carbocycles. The fourth-order valence-corrected chi connectivity index (χ4v) is 3.72. The average molecular weight is 349 g/mol. The molecule has 1 aromatic rings. The molecule has 0 fully saturated rings. The van der Waals surface area contributed by atoms with Crippen LogP contribution in [0.3, 0.4) is 0 Å². The lowest BCUT2D eigenvalue weighted by atomic mass is 10.5. The summed E-state index contributed by atoms with van der Waals surface area (Å²) in [6.07, 6.45) is -1.04. The van der Waals surface area contributed by atoms with Crippen LogP contribution in [0.2, 0.25) is 0 Å². The van der Waals surface area contributed by atoms with Crippen LogP contribution in [0.4, 0.5) is 4.79 Å². The number of amidine groups is 1. The quantitative estimate of drug-likeness (QED) is 0.408. The Bertz CT molecular complexity index is 741. The molecule has 0 aromatic carbocycles. The third kappa shape index (κ3) is 2.76. The second-order valence-corrected chi connectivity index (χ2v) is 7.06. The predicted molar refractivity (Wildman–Crippen MR) is 74.1 cm³/mol. The van der Waals surface area contributed by atoms with Crippen molar-refractivity contribution in [1.29, 1.82) is 0 Å². The molecule has 11 nitrogen and oxygen atoms in total. The van der Waals surface area contributed by atoms with E-state index in [0.29, 0.717) is 11.3 Å². The van der Waals surface area contributed by atoms with Crippen LogP contribution in [0.25, 0.3) is 0 Å². The Morgan fingerprint density at radius 3 is 2.77 bits per heavy atom. The number of ether oxygens (including phenoxy) is 1. The molecule has 0 amide bonds. The number of likely N-dealkylation sites (N-methyl/N-ethyl adjacent to an activating group) is 1. The van der Waals surface area contributed by atoms with E-state index >= 15 is 0 Å². The molecule has 1 unspecified atom stereocenters. The van der Waals surface area contributed by atoms with Crippen LogP contribution in [0.1, 0.15) is 11.9 Å². The van der Waals surface area contributed by atoms with Gasteiger partial charge < -0.3 is 4.74 Å². The van der Waals surface area contributed by atoms with Crippen molar-refractivity contribution >= 4 is 32.3 Å². The Morgan fingerprint density at radius 2 is 2.23 bits per heavy atom. The van der Waals surface area contributed by atoms with Crippen LogP contribution < -0.4 is 0 Å². The molecule has 0 N–H and O–H groups in total. The van der Waals surface area contributed by atoms with E-state index in [1.807, 2.05) is 0 Å². The molecule has 1 aliphatic heterocycles. The van der Waals surface area contributed by atoms with Crippen molar-refractivity contribution in [3.8, 4) is 0 Å². The molecule has 13 heteroatoms. The van der Waals surface area contributed by atoms with Crippen LogP contribution in [-0.2, 0) is 14.6 Å². The summed E-state index contributed by atoms with van der Waals surface area (Å²) < 4.78 is 27.7. The maximum atomic E-state index is 11.9. The first-order valence-corrected chi connectivity index (χ1v) is 8.25. The highest BCUT2D eigenvalue weighted by atomic mass is 32.2. The highest BCUT2D eigenvalue weighted by Gasteiger charge is 2.37. The third-order valence-corrected chi connectivity index (χ3v) is 5.46. The second-order valence-electron chi connectivity index (χ2n) is 4.10. The molecule has 1 aliphatic rings. The van der Waals surface area contributed by atoms with Gasteiger partial charge in [0.2, 0.25) is 4.34 Å². The summed E-state index contributed by atoms with van der Waals surface area (Å²) in [7, 11) is -2.94. The monoisotopic (exact) mass is 349 g/mol. The van der Waals surface area contributed by atoms with Crippen molar-refractivity contribution < 1.29 is 22.9 Å². The van der Waals surface area contributed by atoms with Gasteiger partial charge in [-0.3, -0.25) is 20.0 Å². The van der Waals surface area contributed by atoms with Gasteiger partial charge in [0.1, 0.15) is 6.54 Å². The Balaban J connectivity index is 2.27. The van der Waals surface area contributed by atoms with Gasteiger partial charge in [0, 0.05) is 12.0 Å². The van der Waals surface area contributed by atoms with Crippen LogP contribution in [0.5, 0.6) is 0 Å². The predicted octanol–water partition coefficient (Wildman–Crippen LogP) is -0.237. The first-order chi connectivity index (χ1) is 10.3. The maximum Gasteiger partial charge on any atom is 0.432 e. The molecular formula is C9H11N5O6S2. The summed E-state index contributed by atoms with van der Waals surface area (Å²) >= 11 is 0.603. The minimum atomic E-state index is -4.38. The molecule has 0 bridgehead atoms. The molecule has 1 aromatic heterocycles. The lowest BCUT2D eigenvalue weighted by Crippen LogP contribution is -2.38. The average Bonchev–Trinajstić information content (AvgIpc) is 3.05. The van der Waals surface area contributed by atoms with Crippen molar-refractivity contribution in [1.82, 2.24) is 15.1 Å². The Morgan fingerprint density at radius 1 is 1.55 bits per heavy atom. The fraction of sp³-hybridized carbons (Fsp3) is 0.556. The highest BCUT2D eigenvalue weighted by Crippen LogP contribution is 2.22. The number of carbonyl (C=O) groups excluding carboxylic acids is 1. The van der Waals surface area contributed by atoms with Gasteiger partial charge in [-0.05, 0) is 6.92 Å². The molecule has 0 saturated heterocycles. The number of hydrogen-bond acceptors (Lipinski definition) is 11. The number of aromatic nitrogens is 2. The standard InChI is InChI=1S/C9H11N5O6S2/c1-3-20-9(15)22(18,19)8-12-11-7(21-8)6-10-4-5(13(6)2)14(16)17/h5H,3-4H2,1-2H3. The van der Waals surface area contributed by atoms with Gasteiger partial charge >= 0.3 is 21.3 Å². The Labute approximate surface area is 128 Å². The lowest BCUT2D eigenvalue weighted by molar-refractivity contribution is -0.537. The Hall–Kier alpha value is -2.15. The van der Waals surface area contributed by atoms with E-state index in [9.17, 15) is 23.3 Å². The zero-order valence-electron chi connectivity index (χ0n) is 11.5. The van der Waals surface area contributed by atoms with Gasteiger partial charge in [-0.25, -0.2) is 13.2 Å². The van der Waals surface area contributed by atoms with Gasteiger partial charge in [-0.15, -0.1) is 10.2 Å². The normalized spacial score (nSPS) is 18.2. The van der Waals surface area contributed by atoms with Crippen LogP contribution in [0.15, 0.2) is 9.33 Å². The van der Waals surface area contributed by atoms with E-state index in [0.717, 1.165) is 0 Å². The molecule has 0 aliphatic carbocycles. The van der Waals surface area contributed by atoms with Crippen molar-refractivity contribution in [2.45, 2.75) is 17.4 Å². The van der Waals surface area contributed by atoms with Gasteiger partial charge in [0.15, 0.2) is 10.8 Å². The summed E-state index contributed by atoms with van der Waals surface area (Å²) in [5.41, 5.74) is 0. The summed E-state index contributed by atoms with van der Waals surface area (Å²) in [5.74, 6) is 0.157. The molecule has 1 atom stereocenters. The molecule has 0 spiro atoms. The van der Waals surface area contributed by atoms with E-state index in [2.05, 4.69) is 19.9 Å². The number of rotatable bonds is 4. The maximum absolute atomic E-state index is 11.9. The smallest absolute Gasteiger partial charge is 0.432 e. The number of sulfone groups is 1. The van der Waals surface area contributed by atoms with E-state index in [1.54, 1.807) is 0 Å². The molecule has 0 radical (unpaired) electrons. The molecular weight excluding hydrogens is 338 g/mol. The van der Waals surface area contributed by atoms with Crippen molar-refractivity contribution in [3.63, 3.8) is 0 Å². The number of hydrogen-bond donors (Lipinski definition) is 0. The van der Waals surface area contributed by atoms with Gasteiger partial charge in [-0.1, -0.05) is 11.3 Å². The summed E-state index contributed by atoms with van der Waals surface area (Å²) in [6, 6.07) is 0. The summed E-state index contributed by atoms with van der Waals surface area (Å²) in [4.78, 5) is 26.9. The summed E-state index contributed by atoms with van der Waals surface area (Å²) in [5, 5.41) is 16.6. The van der Waals surface area contributed by atoms with Crippen LogP contribution in [-0.4, -0.2) is 65.9 Å². The first kappa shape index (κ1) is 16.2. The second kappa shape index (κ2) is 5.92. The minimum Gasteiger partial charge on any atom is -0.454 e. The lowest BCUT2D eigenvalue weighted by Gasteiger charge is -2.14. The Kier molecular flexibility index (Phi) is 4.37. The molecule has 2 heterocycles. The van der Waals surface area contributed by atoms with Crippen LogP contribution >= 0.6 is 11.3 Å². The van der Waals surface area contributed by atoms with E-state index in [4.69, 9.17) is 0 Å². The SMILES string of the molecule is CCOC(=O)S(=O)(=O)c1nnc(C2=NCC([N+](=O)[O-])N2C)s1. The fourth-order valence-electron chi connectivity index (χ4n) is 1.65.